The molecule has 0 amide bonds. The predicted molar refractivity (Wildman–Crippen MR) is 97.1 cm³/mol. The molecule has 0 unspecified atom stereocenters. The highest BCUT2D eigenvalue weighted by Gasteiger charge is 2.30. The molecule has 1 aromatic carbocycles. The minimum absolute atomic E-state index is 0.231. The number of halogens is 2. The third kappa shape index (κ3) is 3.05. The zero-order chi connectivity index (χ0) is 15.8. The summed E-state index contributed by atoms with van der Waals surface area (Å²) in [5.74, 6) is 0. The molecule has 1 atom stereocenters. The Morgan fingerprint density at radius 2 is 1.91 bits per heavy atom. The topological polar surface area (TPSA) is 28.2 Å². The Labute approximate surface area is 150 Å². The molecule has 3 nitrogen and oxygen atoms in total. The highest BCUT2D eigenvalue weighted by Crippen LogP contribution is 2.37. The van der Waals surface area contributed by atoms with Crippen molar-refractivity contribution in [2.24, 2.45) is 0 Å². The summed E-state index contributed by atoms with van der Waals surface area (Å²) < 4.78 is 1.05. The molecule has 1 aromatic heterocycles. The van der Waals surface area contributed by atoms with Gasteiger partial charge in [-0.1, -0.05) is 17.7 Å². The van der Waals surface area contributed by atoms with Gasteiger partial charge in [-0.3, -0.25) is 9.88 Å². The number of hydrogen-bond donors (Lipinski definition) is 1. The Morgan fingerprint density at radius 3 is 2.74 bits per heavy atom. The van der Waals surface area contributed by atoms with Crippen LogP contribution >= 0.6 is 27.5 Å². The Hall–Kier alpha value is -0.940. The lowest BCUT2D eigenvalue weighted by atomic mass is 9.96. The number of fused-ring (bicyclic) bond motifs is 2. The van der Waals surface area contributed by atoms with Crippen molar-refractivity contribution in [1.82, 2.24) is 15.2 Å². The number of aryl methyl sites for hydroxylation is 2. The molecule has 0 spiro atoms. The molecule has 0 bridgehead atoms. The maximum atomic E-state index is 6.25. The molecule has 2 heterocycles. The molecule has 1 fully saturated rings. The molecule has 0 saturated carbocycles. The van der Waals surface area contributed by atoms with E-state index < -0.39 is 0 Å². The Kier molecular flexibility index (Phi) is 4.41. The van der Waals surface area contributed by atoms with Crippen LogP contribution in [0.1, 0.15) is 28.4 Å². The highest BCUT2D eigenvalue weighted by atomic mass is 79.9. The van der Waals surface area contributed by atoms with Crippen molar-refractivity contribution in [3.8, 4) is 0 Å². The van der Waals surface area contributed by atoms with Crippen molar-refractivity contribution in [2.45, 2.75) is 18.9 Å². The largest absolute Gasteiger partial charge is 0.314 e. The van der Waals surface area contributed by atoms with Crippen LogP contribution in [0.25, 0.3) is 0 Å². The van der Waals surface area contributed by atoms with Crippen LogP contribution in [0.15, 0.2) is 34.9 Å². The molecular formula is C18H19BrClN3. The standard InChI is InChI=1S/C18H19BrClN3/c19-14-9-13-2-1-12-10-15(20)3-4-16(12)18(17(13)22-11-14)23-7-5-21-6-8-23/h3-4,9-11,18,21H,1-2,5-8H2/t18-/m0/s1. The molecule has 1 saturated heterocycles. The van der Waals surface area contributed by atoms with Crippen LogP contribution in [-0.4, -0.2) is 36.1 Å². The number of aromatic nitrogens is 1. The second-order valence-corrected chi connectivity index (χ2v) is 7.58. The summed E-state index contributed by atoms with van der Waals surface area (Å²) in [6, 6.07) is 8.80. The summed E-state index contributed by atoms with van der Waals surface area (Å²) >= 11 is 9.82. The molecule has 2 aromatic rings. The van der Waals surface area contributed by atoms with E-state index in [0.29, 0.717) is 0 Å². The summed E-state index contributed by atoms with van der Waals surface area (Å²) in [6.45, 7) is 4.16. The molecule has 1 N–H and O–H groups in total. The molecule has 120 valence electrons. The maximum Gasteiger partial charge on any atom is 0.0782 e. The fraction of sp³-hybridized carbons (Fsp3) is 0.389. The normalized spacial score (nSPS) is 21.4. The minimum atomic E-state index is 0.231. The zero-order valence-electron chi connectivity index (χ0n) is 12.9. The van der Waals surface area contributed by atoms with Crippen LogP contribution in [0.5, 0.6) is 0 Å². The second kappa shape index (κ2) is 6.52. The number of nitrogens with zero attached hydrogens (tertiary/aromatic N) is 2. The lowest BCUT2D eigenvalue weighted by Gasteiger charge is -2.35. The fourth-order valence-electron chi connectivity index (χ4n) is 3.72. The number of hydrogen-bond acceptors (Lipinski definition) is 3. The zero-order valence-corrected chi connectivity index (χ0v) is 15.2. The smallest absolute Gasteiger partial charge is 0.0782 e. The van der Waals surface area contributed by atoms with Crippen molar-refractivity contribution in [1.29, 1.82) is 0 Å². The minimum Gasteiger partial charge on any atom is -0.314 e. The second-order valence-electron chi connectivity index (χ2n) is 6.23. The van der Waals surface area contributed by atoms with Gasteiger partial charge in [0.1, 0.15) is 0 Å². The average molecular weight is 393 g/mol. The van der Waals surface area contributed by atoms with Crippen molar-refractivity contribution in [3.05, 3.63) is 62.3 Å². The number of rotatable bonds is 1. The van der Waals surface area contributed by atoms with Crippen LogP contribution in [0.4, 0.5) is 0 Å². The molecule has 2 aliphatic rings. The van der Waals surface area contributed by atoms with Crippen molar-refractivity contribution >= 4 is 27.5 Å². The summed E-state index contributed by atoms with van der Waals surface area (Å²) in [5, 5.41) is 4.27. The number of benzene rings is 1. The van der Waals surface area contributed by atoms with Gasteiger partial charge in [-0.2, -0.15) is 0 Å². The van der Waals surface area contributed by atoms with Crippen molar-refractivity contribution < 1.29 is 0 Å². The van der Waals surface area contributed by atoms with Gasteiger partial charge < -0.3 is 5.32 Å². The SMILES string of the molecule is Clc1ccc2c(c1)CCc1cc(Br)cnc1[C@H]2N1CCNCC1. The Balaban J connectivity index is 1.86. The van der Waals surface area contributed by atoms with E-state index in [1.807, 2.05) is 12.3 Å². The lowest BCUT2D eigenvalue weighted by Crippen LogP contribution is -2.45. The molecule has 5 heteroatoms. The van der Waals surface area contributed by atoms with Crippen LogP contribution in [-0.2, 0) is 12.8 Å². The third-order valence-corrected chi connectivity index (χ3v) is 5.48. The molecule has 1 aliphatic carbocycles. The summed E-state index contributed by atoms with van der Waals surface area (Å²) in [7, 11) is 0. The summed E-state index contributed by atoms with van der Waals surface area (Å²) in [6.07, 6.45) is 3.95. The first-order valence-corrected chi connectivity index (χ1v) is 9.27. The number of piperazine rings is 1. The quantitative estimate of drug-likeness (QED) is 0.804. The monoisotopic (exact) mass is 391 g/mol. The lowest BCUT2D eigenvalue weighted by molar-refractivity contribution is 0.195. The van der Waals surface area contributed by atoms with E-state index >= 15 is 0 Å². The van der Waals surface area contributed by atoms with Crippen molar-refractivity contribution in [3.63, 3.8) is 0 Å². The van der Waals surface area contributed by atoms with Gasteiger partial charge in [-0.15, -0.1) is 0 Å². The van der Waals surface area contributed by atoms with Gasteiger partial charge in [0.05, 0.1) is 11.7 Å². The highest BCUT2D eigenvalue weighted by molar-refractivity contribution is 9.10. The first-order valence-electron chi connectivity index (χ1n) is 8.10. The molecule has 23 heavy (non-hydrogen) atoms. The van der Waals surface area contributed by atoms with Crippen LogP contribution in [0, 0.1) is 0 Å². The first kappa shape index (κ1) is 15.6. The fourth-order valence-corrected chi connectivity index (χ4v) is 4.30. The molecule has 4 rings (SSSR count). The molecule has 1 aliphatic heterocycles. The first-order chi connectivity index (χ1) is 11.2. The van der Waals surface area contributed by atoms with E-state index in [0.717, 1.165) is 48.5 Å². The van der Waals surface area contributed by atoms with E-state index in [1.165, 1.54) is 22.4 Å². The summed E-state index contributed by atoms with van der Waals surface area (Å²) in [4.78, 5) is 7.36. The number of pyridine rings is 1. The van der Waals surface area contributed by atoms with Gasteiger partial charge in [-0.25, -0.2) is 0 Å². The van der Waals surface area contributed by atoms with Crippen LogP contribution < -0.4 is 5.32 Å². The average Bonchev–Trinajstić information content (AvgIpc) is 2.72. The third-order valence-electron chi connectivity index (χ3n) is 4.81. The van der Waals surface area contributed by atoms with Crippen LogP contribution in [0.2, 0.25) is 5.02 Å². The van der Waals surface area contributed by atoms with Gasteiger partial charge in [-0.05, 0) is 63.7 Å². The van der Waals surface area contributed by atoms with E-state index in [-0.39, 0.29) is 6.04 Å². The Morgan fingerprint density at radius 1 is 1.13 bits per heavy atom. The predicted octanol–water partition coefficient (Wildman–Crippen LogP) is 3.59. The molecule has 0 radical (unpaired) electrons. The van der Waals surface area contributed by atoms with E-state index in [2.05, 4.69) is 44.3 Å². The molecular weight excluding hydrogens is 374 g/mol. The van der Waals surface area contributed by atoms with Gasteiger partial charge in [0, 0.05) is 41.9 Å². The van der Waals surface area contributed by atoms with E-state index in [9.17, 15) is 0 Å². The number of nitrogens with one attached hydrogen (secondary N) is 1. The Bertz CT molecular complexity index is 675. The van der Waals surface area contributed by atoms with Crippen LogP contribution in [0.3, 0.4) is 0 Å². The van der Waals surface area contributed by atoms with E-state index in [4.69, 9.17) is 16.6 Å². The van der Waals surface area contributed by atoms with Gasteiger partial charge in [0.15, 0.2) is 0 Å². The summed E-state index contributed by atoms with van der Waals surface area (Å²) in [5.41, 5.74) is 5.27. The van der Waals surface area contributed by atoms with Gasteiger partial charge >= 0.3 is 0 Å². The van der Waals surface area contributed by atoms with Crippen molar-refractivity contribution in [2.75, 3.05) is 26.2 Å². The maximum absolute atomic E-state index is 6.25. The van der Waals surface area contributed by atoms with Gasteiger partial charge in [0.25, 0.3) is 0 Å². The van der Waals surface area contributed by atoms with Gasteiger partial charge in [0.2, 0.25) is 0 Å². The van der Waals surface area contributed by atoms with E-state index in [1.54, 1.807) is 0 Å².